The molecule has 1 aromatic rings. The van der Waals surface area contributed by atoms with Gasteiger partial charge in [0.15, 0.2) is 0 Å². The van der Waals surface area contributed by atoms with Crippen LogP contribution in [0.4, 0.5) is 0 Å². The molecular formula is C8H8N4O. The van der Waals surface area contributed by atoms with Gasteiger partial charge in [0.05, 0.1) is 5.69 Å². The molecule has 0 saturated carbocycles. The topological polar surface area (TPSA) is 80.4 Å². The van der Waals surface area contributed by atoms with E-state index in [9.17, 15) is 4.79 Å². The number of nitrogens with two attached hydrogens (primary N) is 1. The summed E-state index contributed by atoms with van der Waals surface area (Å²) in [6.45, 7) is 0. The van der Waals surface area contributed by atoms with Gasteiger partial charge in [0.2, 0.25) is 0 Å². The van der Waals surface area contributed by atoms with Crippen molar-refractivity contribution in [1.82, 2.24) is 10.4 Å². The Kier molecular flexibility index (Phi) is 1.79. The van der Waals surface area contributed by atoms with Gasteiger partial charge in [0.25, 0.3) is 5.91 Å². The minimum atomic E-state index is -0.699. The number of hydrazone groups is 1. The fourth-order valence-corrected chi connectivity index (χ4v) is 1.11. The molecule has 13 heavy (non-hydrogen) atoms. The Morgan fingerprint density at radius 3 is 2.85 bits per heavy atom. The lowest BCUT2D eigenvalue weighted by molar-refractivity contribution is -0.120. The van der Waals surface area contributed by atoms with Crippen LogP contribution in [0.1, 0.15) is 5.69 Å². The molecule has 2 heterocycles. The van der Waals surface area contributed by atoms with Crippen LogP contribution in [0.5, 0.6) is 0 Å². The number of nitrogens with zero attached hydrogens (tertiary/aromatic N) is 2. The molecule has 1 aliphatic heterocycles. The molecular weight excluding hydrogens is 168 g/mol. The van der Waals surface area contributed by atoms with E-state index in [0.717, 1.165) is 0 Å². The van der Waals surface area contributed by atoms with E-state index in [1.165, 1.54) is 0 Å². The standard InChI is InChI=1S/C8H8N4O/c9-6-7(11-12-8(6)13)5-3-1-2-4-10-5/h1-4,6H,9H2,(H,12,13). The Bertz CT molecular complexity index is 360. The van der Waals surface area contributed by atoms with Gasteiger partial charge in [-0.2, -0.15) is 5.10 Å². The zero-order valence-electron chi connectivity index (χ0n) is 6.77. The lowest BCUT2D eigenvalue weighted by Gasteiger charge is -2.01. The zero-order valence-corrected chi connectivity index (χ0v) is 6.77. The first kappa shape index (κ1) is 7.88. The molecule has 0 bridgehead atoms. The van der Waals surface area contributed by atoms with Crippen molar-refractivity contribution in [2.75, 3.05) is 0 Å². The molecule has 2 rings (SSSR count). The molecule has 0 fully saturated rings. The first-order chi connectivity index (χ1) is 6.29. The second-order valence-electron chi connectivity index (χ2n) is 2.67. The first-order valence-electron chi connectivity index (χ1n) is 3.83. The number of carbonyl (C=O) groups excluding carboxylic acids is 1. The maximum absolute atomic E-state index is 11.0. The fraction of sp³-hybridized carbons (Fsp3) is 0.125. The number of hydrogen-bond acceptors (Lipinski definition) is 4. The van der Waals surface area contributed by atoms with Crippen molar-refractivity contribution in [2.24, 2.45) is 10.8 Å². The average molecular weight is 176 g/mol. The molecule has 1 atom stereocenters. The normalized spacial score (nSPS) is 21.2. The van der Waals surface area contributed by atoms with E-state index in [0.29, 0.717) is 11.4 Å². The van der Waals surface area contributed by atoms with Gasteiger partial charge in [0.1, 0.15) is 11.8 Å². The largest absolute Gasteiger partial charge is 0.315 e. The van der Waals surface area contributed by atoms with Crippen LogP contribution in [0.15, 0.2) is 29.5 Å². The third-order valence-electron chi connectivity index (χ3n) is 1.79. The van der Waals surface area contributed by atoms with Crippen LogP contribution in [0.3, 0.4) is 0 Å². The van der Waals surface area contributed by atoms with E-state index in [-0.39, 0.29) is 5.91 Å². The Labute approximate surface area is 74.7 Å². The molecule has 1 aliphatic rings. The van der Waals surface area contributed by atoms with Crippen LogP contribution in [0, 0.1) is 0 Å². The summed E-state index contributed by atoms with van der Waals surface area (Å²) in [6.07, 6.45) is 1.63. The molecule has 5 heteroatoms. The first-order valence-corrected chi connectivity index (χ1v) is 3.83. The third-order valence-corrected chi connectivity index (χ3v) is 1.79. The van der Waals surface area contributed by atoms with Crippen molar-refractivity contribution < 1.29 is 4.79 Å². The molecule has 66 valence electrons. The van der Waals surface area contributed by atoms with Crippen LogP contribution in [0.2, 0.25) is 0 Å². The molecule has 1 unspecified atom stereocenters. The van der Waals surface area contributed by atoms with Crippen LogP contribution in [-0.4, -0.2) is 22.6 Å². The molecule has 5 nitrogen and oxygen atoms in total. The number of amides is 1. The number of aromatic nitrogens is 1. The number of nitrogens with one attached hydrogen (secondary N) is 1. The van der Waals surface area contributed by atoms with Crippen LogP contribution >= 0.6 is 0 Å². The highest BCUT2D eigenvalue weighted by molar-refractivity contribution is 6.18. The van der Waals surface area contributed by atoms with Crippen LogP contribution in [0.25, 0.3) is 0 Å². The predicted molar refractivity (Wildman–Crippen MR) is 46.9 cm³/mol. The van der Waals surface area contributed by atoms with Gasteiger partial charge in [-0.3, -0.25) is 9.78 Å². The number of carbonyl (C=O) groups is 1. The summed E-state index contributed by atoms with van der Waals surface area (Å²) in [5, 5.41) is 3.80. The number of pyridine rings is 1. The van der Waals surface area contributed by atoms with Gasteiger partial charge < -0.3 is 5.73 Å². The Balaban J connectivity index is 2.34. The summed E-state index contributed by atoms with van der Waals surface area (Å²) in [6, 6.07) is 4.67. The zero-order chi connectivity index (χ0) is 9.26. The van der Waals surface area contributed by atoms with Crippen molar-refractivity contribution in [2.45, 2.75) is 6.04 Å². The Morgan fingerprint density at radius 1 is 1.46 bits per heavy atom. The second kappa shape index (κ2) is 2.95. The SMILES string of the molecule is NC1C(=O)NN=C1c1ccccn1. The lowest BCUT2D eigenvalue weighted by atomic mass is 10.1. The van der Waals surface area contributed by atoms with Gasteiger partial charge in [-0.25, -0.2) is 5.43 Å². The van der Waals surface area contributed by atoms with Gasteiger partial charge >= 0.3 is 0 Å². The van der Waals surface area contributed by atoms with Crippen molar-refractivity contribution in [1.29, 1.82) is 0 Å². The number of hydrogen-bond donors (Lipinski definition) is 2. The Hall–Kier alpha value is -1.75. The van der Waals surface area contributed by atoms with E-state index in [1.807, 2.05) is 6.07 Å². The smallest absolute Gasteiger partial charge is 0.263 e. The summed E-state index contributed by atoms with van der Waals surface area (Å²) in [4.78, 5) is 15.0. The predicted octanol–water partition coefficient (Wildman–Crippen LogP) is -0.757. The summed E-state index contributed by atoms with van der Waals surface area (Å²) in [5.74, 6) is -0.291. The molecule has 1 aromatic heterocycles. The minimum absolute atomic E-state index is 0.291. The van der Waals surface area contributed by atoms with Gasteiger partial charge in [-0.15, -0.1) is 0 Å². The molecule has 0 aliphatic carbocycles. The highest BCUT2D eigenvalue weighted by Gasteiger charge is 2.27. The molecule has 1 amide bonds. The summed E-state index contributed by atoms with van der Waals surface area (Å²) >= 11 is 0. The van der Waals surface area contributed by atoms with E-state index < -0.39 is 6.04 Å². The van der Waals surface area contributed by atoms with Crippen LogP contribution < -0.4 is 11.2 Å². The highest BCUT2D eigenvalue weighted by Crippen LogP contribution is 2.04. The summed E-state index contributed by atoms with van der Waals surface area (Å²) in [5.41, 5.74) is 9.00. The van der Waals surface area contributed by atoms with Crippen molar-refractivity contribution in [3.63, 3.8) is 0 Å². The number of rotatable bonds is 1. The summed E-state index contributed by atoms with van der Waals surface area (Å²) in [7, 11) is 0. The molecule has 0 radical (unpaired) electrons. The summed E-state index contributed by atoms with van der Waals surface area (Å²) < 4.78 is 0. The van der Waals surface area contributed by atoms with E-state index >= 15 is 0 Å². The average Bonchev–Trinajstić information content (AvgIpc) is 2.49. The fourth-order valence-electron chi connectivity index (χ4n) is 1.11. The monoisotopic (exact) mass is 176 g/mol. The maximum atomic E-state index is 11.0. The van der Waals surface area contributed by atoms with E-state index in [1.54, 1.807) is 18.3 Å². The van der Waals surface area contributed by atoms with E-state index in [4.69, 9.17) is 5.73 Å². The quantitative estimate of drug-likeness (QED) is 0.590. The maximum Gasteiger partial charge on any atom is 0.263 e. The molecule has 0 saturated heterocycles. The Morgan fingerprint density at radius 2 is 2.31 bits per heavy atom. The van der Waals surface area contributed by atoms with Crippen molar-refractivity contribution >= 4 is 11.6 Å². The minimum Gasteiger partial charge on any atom is -0.315 e. The van der Waals surface area contributed by atoms with E-state index in [2.05, 4.69) is 15.5 Å². The molecule has 0 aromatic carbocycles. The van der Waals surface area contributed by atoms with Gasteiger partial charge in [-0.05, 0) is 12.1 Å². The van der Waals surface area contributed by atoms with Gasteiger partial charge in [0, 0.05) is 6.20 Å². The van der Waals surface area contributed by atoms with Crippen molar-refractivity contribution in [3.05, 3.63) is 30.1 Å². The van der Waals surface area contributed by atoms with Crippen LogP contribution in [-0.2, 0) is 4.79 Å². The van der Waals surface area contributed by atoms with Crippen molar-refractivity contribution in [3.8, 4) is 0 Å². The highest BCUT2D eigenvalue weighted by atomic mass is 16.2. The molecule has 0 spiro atoms. The molecule has 3 N–H and O–H groups in total. The second-order valence-corrected chi connectivity index (χ2v) is 2.67. The van der Waals surface area contributed by atoms with Gasteiger partial charge in [-0.1, -0.05) is 6.07 Å². The lowest BCUT2D eigenvalue weighted by Crippen LogP contribution is -2.37. The third kappa shape index (κ3) is 1.29.